The van der Waals surface area contributed by atoms with Gasteiger partial charge in [0, 0.05) is 33.5 Å². The summed E-state index contributed by atoms with van der Waals surface area (Å²) in [5, 5.41) is 7.64. The van der Waals surface area contributed by atoms with Crippen molar-refractivity contribution in [3.8, 4) is 27.9 Å². The lowest BCUT2D eigenvalue weighted by atomic mass is 9.78. The average Bonchev–Trinajstić information content (AvgIpc) is 3.52. The van der Waals surface area contributed by atoms with Crippen molar-refractivity contribution in [2.75, 3.05) is 4.90 Å². The molecule has 0 bridgehead atoms. The minimum atomic E-state index is 0.445. The van der Waals surface area contributed by atoms with E-state index in [4.69, 9.17) is 0 Å². The third kappa shape index (κ3) is 5.01. The maximum Gasteiger partial charge on any atom is 0.0541 e. The molecule has 1 aliphatic carbocycles. The smallest absolute Gasteiger partial charge is 0.0541 e. The van der Waals surface area contributed by atoms with Gasteiger partial charge in [-0.05, 0) is 165 Å². The predicted molar refractivity (Wildman–Crippen MR) is 233 cm³/mol. The molecule has 0 unspecified atom stereocenters. The lowest BCUT2D eigenvalue weighted by Gasteiger charge is -2.31. The van der Waals surface area contributed by atoms with Gasteiger partial charge in [-0.15, -0.1) is 0 Å². The van der Waals surface area contributed by atoms with Crippen molar-refractivity contribution in [2.45, 2.75) is 53.4 Å². The topological polar surface area (TPSA) is 8.17 Å². The molecule has 54 heavy (non-hydrogen) atoms. The Morgan fingerprint density at radius 1 is 0.426 bits per heavy atom. The van der Waals surface area contributed by atoms with Crippen LogP contribution in [0.4, 0.5) is 17.1 Å². The van der Waals surface area contributed by atoms with E-state index in [1.165, 1.54) is 111 Å². The summed E-state index contributed by atoms with van der Waals surface area (Å²) in [7, 11) is 0. The first kappa shape index (κ1) is 32.5. The summed E-state index contributed by atoms with van der Waals surface area (Å²) in [6.45, 7) is 13.6. The lowest BCUT2D eigenvalue weighted by Crippen LogP contribution is -2.14. The molecule has 0 radical (unpaired) electrons. The van der Waals surface area contributed by atoms with Crippen LogP contribution in [-0.4, -0.2) is 4.57 Å². The molecule has 1 heterocycles. The Labute approximate surface area is 317 Å². The predicted octanol–water partition coefficient (Wildman–Crippen LogP) is 15.1. The van der Waals surface area contributed by atoms with Gasteiger partial charge >= 0.3 is 0 Å². The molecular formula is C52H44N2. The highest BCUT2D eigenvalue weighted by atomic mass is 15.1. The maximum absolute atomic E-state index is 2.50. The van der Waals surface area contributed by atoms with E-state index < -0.39 is 0 Å². The van der Waals surface area contributed by atoms with Gasteiger partial charge in [-0.1, -0.05) is 100 Å². The van der Waals surface area contributed by atoms with E-state index in [1.54, 1.807) is 0 Å². The van der Waals surface area contributed by atoms with Crippen LogP contribution >= 0.6 is 0 Å². The highest BCUT2D eigenvalue weighted by Gasteiger charge is 2.25. The molecule has 9 aromatic rings. The van der Waals surface area contributed by atoms with Crippen molar-refractivity contribution in [1.82, 2.24) is 4.57 Å². The van der Waals surface area contributed by atoms with Crippen LogP contribution in [0.3, 0.4) is 0 Å². The van der Waals surface area contributed by atoms with E-state index in [0.29, 0.717) is 11.8 Å². The van der Waals surface area contributed by atoms with Gasteiger partial charge in [0.05, 0.1) is 11.0 Å². The van der Waals surface area contributed by atoms with Crippen LogP contribution in [0.5, 0.6) is 0 Å². The van der Waals surface area contributed by atoms with Crippen molar-refractivity contribution in [1.29, 1.82) is 0 Å². The van der Waals surface area contributed by atoms with Crippen LogP contribution in [-0.2, 0) is 0 Å². The Kier molecular flexibility index (Phi) is 7.36. The number of nitrogens with zero attached hydrogens (tertiary/aromatic N) is 2. The van der Waals surface area contributed by atoms with Crippen LogP contribution < -0.4 is 4.90 Å². The first-order valence-corrected chi connectivity index (χ1v) is 19.4. The molecule has 262 valence electrons. The fourth-order valence-corrected chi connectivity index (χ4v) is 8.74. The molecule has 8 aromatic carbocycles. The second kappa shape index (κ2) is 12.2. The van der Waals surface area contributed by atoms with Crippen molar-refractivity contribution in [3.05, 3.63) is 168 Å². The van der Waals surface area contributed by atoms with Crippen molar-refractivity contribution >= 4 is 60.4 Å². The molecule has 2 heteroatoms. The number of anilines is 3. The first-order valence-electron chi connectivity index (χ1n) is 19.4. The van der Waals surface area contributed by atoms with Gasteiger partial charge in [0.2, 0.25) is 0 Å². The summed E-state index contributed by atoms with van der Waals surface area (Å²) in [5.74, 6) is 0.891. The molecule has 0 atom stereocenters. The Hall–Kier alpha value is -6.12. The molecule has 0 spiro atoms. The second-order valence-electron chi connectivity index (χ2n) is 16.0. The number of hydrogen-bond donors (Lipinski definition) is 0. The first-order chi connectivity index (χ1) is 26.2. The standard InChI is InChI=1S/C52H44N2/c1-31(2)35-17-15-33(5)51(29-35)54(52-30-36(32(3)4)18-16-34(52)6)42-22-20-38-26-46-47-27-39-23-41(21-19-37(39)25-45(47)48(46)28-40(38)24-42)53-49-13-9-7-11-43(49)44-12-8-10-14-50(44)53/h7-32H,1-6H3. The highest BCUT2D eigenvalue weighted by molar-refractivity contribution is 6.13. The third-order valence-electron chi connectivity index (χ3n) is 11.9. The minimum Gasteiger partial charge on any atom is -0.310 e. The van der Waals surface area contributed by atoms with E-state index in [-0.39, 0.29) is 0 Å². The van der Waals surface area contributed by atoms with Crippen LogP contribution in [0.1, 0.15) is 61.8 Å². The van der Waals surface area contributed by atoms with Crippen molar-refractivity contribution in [2.24, 2.45) is 0 Å². The maximum atomic E-state index is 2.50. The molecule has 0 amide bonds. The molecule has 10 rings (SSSR count). The SMILES string of the molecule is Cc1ccc(C(C)C)cc1N(c1ccc2cc3c(cc2c1)-c1cc2ccc(-n4c5ccccc5c5ccccc54)cc2cc1-3)c1cc(C(C)C)ccc1C. The Morgan fingerprint density at radius 3 is 1.41 bits per heavy atom. The van der Waals surface area contributed by atoms with E-state index in [9.17, 15) is 0 Å². The summed E-state index contributed by atoms with van der Waals surface area (Å²) in [6.07, 6.45) is 0. The van der Waals surface area contributed by atoms with Gasteiger partial charge in [0.1, 0.15) is 0 Å². The normalized spacial score (nSPS) is 12.2. The average molecular weight is 697 g/mol. The molecule has 0 saturated carbocycles. The van der Waals surface area contributed by atoms with Gasteiger partial charge in [-0.2, -0.15) is 0 Å². The number of benzene rings is 8. The van der Waals surface area contributed by atoms with Crippen LogP contribution in [0, 0.1) is 13.8 Å². The van der Waals surface area contributed by atoms with E-state index in [0.717, 1.165) is 0 Å². The number of aromatic nitrogens is 1. The molecule has 1 aromatic heterocycles. The van der Waals surface area contributed by atoms with Gasteiger partial charge in [-0.3, -0.25) is 0 Å². The summed E-state index contributed by atoms with van der Waals surface area (Å²) in [5.41, 5.74) is 17.9. The fraction of sp³-hybridized carbons (Fsp3) is 0.154. The summed E-state index contributed by atoms with van der Waals surface area (Å²) >= 11 is 0. The van der Waals surface area contributed by atoms with Gasteiger partial charge < -0.3 is 9.47 Å². The molecule has 0 fully saturated rings. The number of fused-ring (bicyclic) bond motifs is 9. The Balaban J connectivity index is 1.08. The van der Waals surface area contributed by atoms with Gasteiger partial charge in [-0.25, -0.2) is 0 Å². The molecule has 2 nitrogen and oxygen atoms in total. The van der Waals surface area contributed by atoms with E-state index in [1.807, 2.05) is 0 Å². The number of aryl methyl sites for hydroxylation is 2. The highest BCUT2D eigenvalue weighted by Crippen LogP contribution is 2.51. The zero-order chi connectivity index (χ0) is 36.8. The second-order valence-corrected chi connectivity index (χ2v) is 16.0. The van der Waals surface area contributed by atoms with Crippen LogP contribution in [0.2, 0.25) is 0 Å². The van der Waals surface area contributed by atoms with E-state index >= 15 is 0 Å². The molecular weight excluding hydrogens is 653 g/mol. The number of hydrogen-bond acceptors (Lipinski definition) is 1. The largest absolute Gasteiger partial charge is 0.310 e. The summed E-state index contributed by atoms with van der Waals surface area (Å²) in [6, 6.07) is 55.0. The van der Waals surface area contributed by atoms with E-state index in [2.05, 4.69) is 197 Å². The zero-order valence-electron chi connectivity index (χ0n) is 31.9. The summed E-state index contributed by atoms with van der Waals surface area (Å²) < 4.78 is 2.41. The molecule has 0 aliphatic heterocycles. The number of rotatable bonds is 6. The van der Waals surface area contributed by atoms with Gasteiger partial charge in [0.25, 0.3) is 0 Å². The van der Waals surface area contributed by atoms with Crippen LogP contribution in [0.15, 0.2) is 146 Å². The monoisotopic (exact) mass is 696 g/mol. The molecule has 1 aliphatic rings. The van der Waals surface area contributed by atoms with Crippen LogP contribution in [0.25, 0.3) is 71.3 Å². The minimum absolute atomic E-state index is 0.445. The molecule has 0 saturated heterocycles. The van der Waals surface area contributed by atoms with Crippen molar-refractivity contribution in [3.63, 3.8) is 0 Å². The Morgan fingerprint density at radius 2 is 0.889 bits per heavy atom. The fourth-order valence-electron chi connectivity index (χ4n) is 8.74. The lowest BCUT2D eigenvalue weighted by molar-refractivity contribution is 0.863. The van der Waals surface area contributed by atoms with Gasteiger partial charge in [0.15, 0.2) is 0 Å². The third-order valence-corrected chi connectivity index (χ3v) is 11.9. The van der Waals surface area contributed by atoms with Crippen molar-refractivity contribution < 1.29 is 0 Å². The Bertz CT molecular complexity index is 2860. The number of para-hydroxylation sites is 2. The quantitative estimate of drug-likeness (QED) is 0.168. The molecule has 0 N–H and O–H groups in total. The zero-order valence-corrected chi connectivity index (χ0v) is 31.9. The summed E-state index contributed by atoms with van der Waals surface area (Å²) in [4.78, 5) is 2.50.